The molecule has 6 heteroatoms. The number of nitrogens with zero attached hydrogens (tertiary/aromatic N) is 1. The van der Waals surface area contributed by atoms with Crippen molar-refractivity contribution in [1.29, 1.82) is 0 Å². The zero-order valence-corrected chi connectivity index (χ0v) is 17.7. The lowest BCUT2D eigenvalue weighted by atomic mass is 9.97. The number of rotatable bonds is 7. The van der Waals surface area contributed by atoms with Crippen molar-refractivity contribution < 1.29 is 19.1 Å². The van der Waals surface area contributed by atoms with Gasteiger partial charge in [-0.2, -0.15) is 0 Å². The molecule has 1 aliphatic rings. The highest BCUT2D eigenvalue weighted by Gasteiger charge is 2.23. The predicted molar refractivity (Wildman–Crippen MR) is 117 cm³/mol. The van der Waals surface area contributed by atoms with E-state index < -0.39 is 12.1 Å². The van der Waals surface area contributed by atoms with Gasteiger partial charge in [-0.05, 0) is 61.6 Å². The van der Waals surface area contributed by atoms with Gasteiger partial charge >= 0.3 is 5.97 Å². The maximum Gasteiger partial charge on any atom is 0.338 e. The Morgan fingerprint density at radius 2 is 1.80 bits per heavy atom. The first-order valence-corrected chi connectivity index (χ1v) is 10.4. The highest BCUT2D eigenvalue weighted by atomic mass is 16.5. The molecule has 0 aliphatic carbocycles. The molecule has 6 nitrogen and oxygen atoms in total. The predicted octanol–water partition coefficient (Wildman–Crippen LogP) is 4.51. The minimum absolute atomic E-state index is 0.0910. The lowest BCUT2D eigenvalue weighted by molar-refractivity contribution is -0.123. The molecule has 1 fully saturated rings. The van der Waals surface area contributed by atoms with Crippen molar-refractivity contribution in [3.63, 3.8) is 0 Å². The third kappa shape index (κ3) is 4.87. The van der Waals surface area contributed by atoms with Crippen molar-refractivity contribution in [3.05, 3.63) is 59.7 Å². The molecule has 0 radical (unpaired) electrons. The fraction of sp³-hybridized carbons (Fsp3) is 0.375. The van der Waals surface area contributed by atoms with Crippen molar-refractivity contribution in [3.8, 4) is 0 Å². The number of para-hydroxylation sites is 1. The highest BCUT2D eigenvalue weighted by Crippen LogP contribution is 2.27. The van der Waals surface area contributed by atoms with E-state index >= 15 is 0 Å². The van der Waals surface area contributed by atoms with Crippen LogP contribution in [0.25, 0.3) is 0 Å². The molecule has 1 saturated heterocycles. The van der Waals surface area contributed by atoms with Crippen LogP contribution in [0.15, 0.2) is 48.5 Å². The van der Waals surface area contributed by atoms with Gasteiger partial charge in [-0.1, -0.05) is 32.0 Å². The van der Waals surface area contributed by atoms with E-state index in [-0.39, 0.29) is 11.8 Å². The summed E-state index contributed by atoms with van der Waals surface area (Å²) >= 11 is 0. The fourth-order valence-corrected chi connectivity index (χ4v) is 3.48. The first-order valence-electron chi connectivity index (χ1n) is 10.4. The summed E-state index contributed by atoms with van der Waals surface area (Å²) in [7, 11) is 0. The largest absolute Gasteiger partial charge is 0.449 e. The lowest BCUT2D eigenvalue weighted by Crippen LogP contribution is -2.30. The smallest absolute Gasteiger partial charge is 0.338 e. The Morgan fingerprint density at radius 3 is 2.43 bits per heavy atom. The van der Waals surface area contributed by atoms with Crippen LogP contribution in [-0.2, 0) is 14.3 Å². The first-order chi connectivity index (χ1) is 14.4. The van der Waals surface area contributed by atoms with E-state index in [0.29, 0.717) is 24.4 Å². The maximum absolute atomic E-state index is 12.6. The fourth-order valence-electron chi connectivity index (χ4n) is 3.48. The average molecular weight is 408 g/mol. The van der Waals surface area contributed by atoms with Crippen LogP contribution in [0.3, 0.4) is 0 Å². The minimum Gasteiger partial charge on any atom is -0.449 e. The van der Waals surface area contributed by atoms with Crippen molar-refractivity contribution in [2.45, 2.75) is 52.1 Å². The van der Waals surface area contributed by atoms with Gasteiger partial charge < -0.3 is 15.0 Å². The number of benzene rings is 2. The number of carbonyl (C=O) groups excluding carboxylic acids is 3. The molecule has 2 aromatic carbocycles. The standard InChI is InChI=1S/C24H28N2O4/c1-4-16(2)20-8-5-6-9-21(20)25-23(28)17(3)30-24(29)18-11-13-19(14-12-18)26-15-7-10-22(26)27/h5-6,8-9,11-14,16-17H,4,7,10,15H2,1-3H3,(H,25,28). The summed E-state index contributed by atoms with van der Waals surface area (Å²) in [6, 6.07) is 14.3. The number of ether oxygens (including phenoxy) is 1. The number of anilines is 2. The zero-order chi connectivity index (χ0) is 21.7. The van der Waals surface area contributed by atoms with E-state index in [9.17, 15) is 14.4 Å². The molecule has 0 saturated carbocycles. The SMILES string of the molecule is CCC(C)c1ccccc1NC(=O)C(C)OC(=O)c1ccc(N2CCCC2=O)cc1. The monoisotopic (exact) mass is 408 g/mol. The lowest BCUT2D eigenvalue weighted by Gasteiger charge is -2.18. The zero-order valence-electron chi connectivity index (χ0n) is 17.7. The van der Waals surface area contributed by atoms with Gasteiger partial charge in [0, 0.05) is 24.3 Å². The number of amides is 2. The van der Waals surface area contributed by atoms with Crippen LogP contribution in [0.4, 0.5) is 11.4 Å². The van der Waals surface area contributed by atoms with Crippen LogP contribution in [-0.4, -0.2) is 30.4 Å². The third-order valence-electron chi connectivity index (χ3n) is 5.50. The second-order valence-electron chi connectivity index (χ2n) is 7.63. The molecule has 2 unspecified atom stereocenters. The van der Waals surface area contributed by atoms with E-state index in [2.05, 4.69) is 19.2 Å². The van der Waals surface area contributed by atoms with Crippen molar-refractivity contribution >= 4 is 29.2 Å². The molecule has 2 aromatic rings. The number of hydrogen-bond donors (Lipinski definition) is 1. The Kier molecular flexibility index (Phi) is 6.87. The molecule has 1 aliphatic heterocycles. The van der Waals surface area contributed by atoms with E-state index in [4.69, 9.17) is 4.74 Å². The summed E-state index contributed by atoms with van der Waals surface area (Å²) in [6.07, 6.45) is 1.41. The average Bonchev–Trinajstić information content (AvgIpc) is 3.19. The topological polar surface area (TPSA) is 75.7 Å². The molecule has 2 atom stereocenters. The highest BCUT2D eigenvalue weighted by molar-refractivity contribution is 5.99. The summed E-state index contributed by atoms with van der Waals surface area (Å²) in [4.78, 5) is 38.6. The second-order valence-corrected chi connectivity index (χ2v) is 7.63. The van der Waals surface area contributed by atoms with Crippen LogP contribution in [0.2, 0.25) is 0 Å². The van der Waals surface area contributed by atoms with Crippen molar-refractivity contribution in [2.75, 3.05) is 16.8 Å². The van der Waals surface area contributed by atoms with Gasteiger partial charge in [0.25, 0.3) is 5.91 Å². The summed E-state index contributed by atoms with van der Waals surface area (Å²) in [5.41, 5.74) is 2.89. The molecule has 0 bridgehead atoms. The van der Waals surface area contributed by atoms with E-state index in [1.54, 1.807) is 36.1 Å². The van der Waals surface area contributed by atoms with E-state index in [1.807, 2.05) is 24.3 Å². The Labute approximate surface area is 177 Å². The molecular formula is C24H28N2O4. The Hall–Kier alpha value is -3.15. The summed E-state index contributed by atoms with van der Waals surface area (Å²) < 4.78 is 5.35. The van der Waals surface area contributed by atoms with E-state index in [1.165, 1.54) is 0 Å². The van der Waals surface area contributed by atoms with Crippen molar-refractivity contribution in [1.82, 2.24) is 0 Å². The number of hydrogen-bond acceptors (Lipinski definition) is 4. The Balaban J connectivity index is 1.61. The summed E-state index contributed by atoms with van der Waals surface area (Å²) in [5.74, 6) is -0.556. The van der Waals surface area contributed by atoms with Crippen LogP contribution in [0, 0.1) is 0 Å². The second kappa shape index (κ2) is 9.57. The molecule has 2 amide bonds. The Morgan fingerprint density at radius 1 is 1.10 bits per heavy atom. The van der Waals surface area contributed by atoms with Gasteiger partial charge in [0.2, 0.25) is 5.91 Å². The molecular weight excluding hydrogens is 380 g/mol. The maximum atomic E-state index is 12.6. The quantitative estimate of drug-likeness (QED) is 0.684. The molecule has 30 heavy (non-hydrogen) atoms. The molecule has 0 aromatic heterocycles. The molecule has 158 valence electrons. The number of esters is 1. The minimum atomic E-state index is -0.942. The molecule has 3 rings (SSSR count). The van der Waals surface area contributed by atoms with Gasteiger partial charge in [-0.25, -0.2) is 4.79 Å². The molecule has 1 heterocycles. The van der Waals surface area contributed by atoms with Crippen molar-refractivity contribution in [2.24, 2.45) is 0 Å². The third-order valence-corrected chi connectivity index (χ3v) is 5.50. The van der Waals surface area contributed by atoms with Crippen LogP contribution in [0.1, 0.15) is 61.9 Å². The van der Waals surface area contributed by atoms with Crippen LogP contribution in [0.5, 0.6) is 0 Å². The van der Waals surface area contributed by atoms with Gasteiger partial charge in [0.05, 0.1) is 5.56 Å². The first kappa shape index (κ1) is 21.6. The molecule has 1 N–H and O–H groups in total. The Bertz CT molecular complexity index is 923. The summed E-state index contributed by atoms with van der Waals surface area (Å²) in [6.45, 7) is 6.45. The normalized spacial score (nSPS) is 15.6. The van der Waals surface area contributed by atoms with Gasteiger partial charge in [-0.15, -0.1) is 0 Å². The van der Waals surface area contributed by atoms with Crippen LogP contribution < -0.4 is 10.2 Å². The number of carbonyl (C=O) groups is 3. The molecule has 0 spiro atoms. The van der Waals surface area contributed by atoms with Crippen LogP contribution >= 0.6 is 0 Å². The number of nitrogens with one attached hydrogen (secondary N) is 1. The van der Waals surface area contributed by atoms with E-state index in [0.717, 1.165) is 29.8 Å². The van der Waals surface area contributed by atoms with Gasteiger partial charge in [-0.3, -0.25) is 9.59 Å². The summed E-state index contributed by atoms with van der Waals surface area (Å²) in [5, 5.41) is 2.87. The van der Waals surface area contributed by atoms with Gasteiger partial charge in [0.15, 0.2) is 6.10 Å². The van der Waals surface area contributed by atoms with Gasteiger partial charge in [0.1, 0.15) is 0 Å².